The maximum absolute atomic E-state index is 11.6. The quantitative estimate of drug-likeness (QED) is 0.500. The van der Waals surface area contributed by atoms with Gasteiger partial charge in [0.15, 0.2) is 6.29 Å². The highest BCUT2D eigenvalue weighted by Gasteiger charge is 2.26. The Bertz CT molecular complexity index is 245. The van der Waals surface area contributed by atoms with Crippen LogP contribution in [0, 0.1) is 0 Å². The van der Waals surface area contributed by atoms with E-state index < -0.39 is 0 Å². The number of hydrogen-bond donors (Lipinski definition) is 0. The van der Waals surface area contributed by atoms with E-state index in [2.05, 4.69) is 0 Å². The van der Waals surface area contributed by atoms with E-state index in [1.165, 1.54) is 4.90 Å². The van der Waals surface area contributed by atoms with Crippen LogP contribution in [0.15, 0.2) is 0 Å². The van der Waals surface area contributed by atoms with E-state index in [1.807, 2.05) is 13.8 Å². The fourth-order valence-electron chi connectivity index (χ4n) is 1.87. The van der Waals surface area contributed by atoms with Crippen molar-refractivity contribution in [3.05, 3.63) is 0 Å². The molecule has 1 rings (SSSR count). The molecular formula is C12H21NO4. The van der Waals surface area contributed by atoms with Gasteiger partial charge >= 0.3 is 0 Å². The van der Waals surface area contributed by atoms with Crippen molar-refractivity contribution in [2.45, 2.75) is 45.8 Å². The van der Waals surface area contributed by atoms with E-state index in [4.69, 9.17) is 9.47 Å². The van der Waals surface area contributed by atoms with Gasteiger partial charge in [0, 0.05) is 39.0 Å². The lowest BCUT2D eigenvalue weighted by molar-refractivity contribution is -0.155. The summed E-state index contributed by atoms with van der Waals surface area (Å²) in [6.45, 7) is 5.30. The Morgan fingerprint density at radius 2 is 1.65 bits per heavy atom. The largest absolute Gasteiger partial charge is 0.353 e. The van der Waals surface area contributed by atoms with Crippen LogP contribution in [-0.2, 0) is 19.1 Å². The lowest BCUT2D eigenvalue weighted by atomic mass is 10.1. The third-order valence-corrected chi connectivity index (χ3v) is 2.68. The molecule has 1 aliphatic heterocycles. The van der Waals surface area contributed by atoms with Crippen LogP contribution >= 0.6 is 0 Å². The van der Waals surface area contributed by atoms with Gasteiger partial charge in [0.1, 0.15) is 0 Å². The molecule has 0 aromatic heterocycles. The Labute approximate surface area is 102 Å². The lowest BCUT2D eigenvalue weighted by Gasteiger charge is -2.26. The first-order valence-electron chi connectivity index (χ1n) is 6.25. The zero-order valence-electron chi connectivity index (χ0n) is 10.6. The SMILES string of the molecule is CCOC(CCN1C(=O)CCCC1=O)OCC. The number of nitrogens with zero attached hydrogens (tertiary/aromatic N) is 1. The molecule has 5 nitrogen and oxygen atoms in total. The number of amides is 2. The van der Waals surface area contributed by atoms with Crippen molar-refractivity contribution in [2.24, 2.45) is 0 Å². The fraction of sp³-hybridized carbons (Fsp3) is 0.833. The third-order valence-electron chi connectivity index (χ3n) is 2.68. The molecule has 0 bridgehead atoms. The van der Waals surface area contributed by atoms with Gasteiger partial charge in [0.2, 0.25) is 11.8 Å². The number of carbonyl (C=O) groups is 2. The van der Waals surface area contributed by atoms with Crippen LogP contribution < -0.4 is 0 Å². The van der Waals surface area contributed by atoms with Crippen LogP contribution in [-0.4, -0.2) is 42.8 Å². The average Bonchev–Trinajstić information content (AvgIpc) is 2.29. The molecule has 0 saturated carbocycles. The molecule has 0 aromatic carbocycles. The number of piperidine rings is 1. The van der Waals surface area contributed by atoms with Crippen LogP contribution in [0.4, 0.5) is 0 Å². The van der Waals surface area contributed by atoms with Crippen LogP contribution in [0.1, 0.15) is 39.5 Å². The molecule has 0 atom stereocenters. The highest BCUT2D eigenvalue weighted by atomic mass is 16.7. The van der Waals surface area contributed by atoms with Crippen molar-refractivity contribution in [1.29, 1.82) is 0 Å². The first kappa shape index (κ1) is 14.1. The number of rotatable bonds is 7. The van der Waals surface area contributed by atoms with Crippen molar-refractivity contribution in [2.75, 3.05) is 19.8 Å². The summed E-state index contributed by atoms with van der Waals surface area (Å²) in [7, 11) is 0. The number of hydrogen-bond acceptors (Lipinski definition) is 4. The minimum atomic E-state index is -0.326. The highest BCUT2D eigenvalue weighted by molar-refractivity contribution is 5.97. The summed E-state index contributed by atoms with van der Waals surface area (Å²) in [5.74, 6) is -0.152. The summed E-state index contributed by atoms with van der Waals surface area (Å²) in [4.78, 5) is 24.4. The first-order chi connectivity index (χ1) is 8.19. The van der Waals surface area contributed by atoms with Crippen LogP contribution in [0.25, 0.3) is 0 Å². The van der Waals surface area contributed by atoms with Crippen LogP contribution in [0.3, 0.4) is 0 Å². The molecule has 1 heterocycles. The molecule has 1 fully saturated rings. The minimum absolute atomic E-state index is 0.0759. The Morgan fingerprint density at radius 3 is 2.12 bits per heavy atom. The zero-order valence-corrected chi connectivity index (χ0v) is 10.6. The summed E-state index contributed by atoms with van der Waals surface area (Å²) in [6, 6.07) is 0. The maximum Gasteiger partial charge on any atom is 0.229 e. The Kier molecular flexibility index (Phi) is 6.15. The van der Waals surface area contributed by atoms with Crippen molar-refractivity contribution in [3.63, 3.8) is 0 Å². The van der Waals surface area contributed by atoms with E-state index >= 15 is 0 Å². The lowest BCUT2D eigenvalue weighted by Crippen LogP contribution is -2.42. The number of ether oxygens (including phenoxy) is 2. The molecule has 0 spiro atoms. The molecule has 98 valence electrons. The highest BCUT2D eigenvalue weighted by Crippen LogP contribution is 2.13. The number of imide groups is 1. The molecule has 5 heteroatoms. The molecule has 1 saturated heterocycles. The van der Waals surface area contributed by atoms with Gasteiger partial charge < -0.3 is 9.47 Å². The zero-order chi connectivity index (χ0) is 12.7. The molecule has 17 heavy (non-hydrogen) atoms. The van der Waals surface area contributed by atoms with Gasteiger partial charge in [0.05, 0.1) is 0 Å². The summed E-state index contributed by atoms with van der Waals surface area (Å²) in [6.07, 6.45) is 1.83. The molecule has 0 aromatic rings. The van der Waals surface area contributed by atoms with E-state index in [9.17, 15) is 9.59 Å². The Balaban J connectivity index is 2.40. The first-order valence-corrected chi connectivity index (χ1v) is 6.25. The van der Waals surface area contributed by atoms with Crippen molar-refractivity contribution < 1.29 is 19.1 Å². The second-order valence-corrected chi connectivity index (χ2v) is 3.92. The van der Waals surface area contributed by atoms with E-state index in [-0.39, 0.29) is 18.1 Å². The van der Waals surface area contributed by atoms with Crippen molar-refractivity contribution >= 4 is 11.8 Å². The monoisotopic (exact) mass is 243 g/mol. The van der Waals surface area contributed by atoms with E-state index in [0.717, 1.165) is 0 Å². The molecule has 0 aliphatic carbocycles. The predicted octanol–water partition coefficient (Wildman–Crippen LogP) is 1.31. The van der Waals surface area contributed by atoms with Gasteiger partial charge in [-0.1, -0.05) is 0 Å². The van der Waals surface area contributed by atoms with Crippen LogP contribution in [0.2, 0.25) is 0 Å². The molecule has 0 unspecified atom stereocenters. The maximum atomic E-state index is 11.6. The van der Waals surface area contributed by atoms with Gasteiger partial charge in [0.25, 0.3) is 0 Å². The van der Waals surface area contributed by atoms with E-state index in [0.29, 0.717) is 45.4 Å². The van der Waals surface area contributed by atoms with Gasteiger partial charge in [-0.15, -0.1) is 0 Å². The second-order valence-electron chi connectivity index (χ2n) is 3.92. The van der Waals surface area contributed by atoms with Crippen molar-refractivity contribution in [1.82, 2.24) is 4.90 Å². The predicted molar refractivity (Wildman–Crippen MR) is 62.2 cm³/mol. The van der Waals surface area contributed by atoms with Crippen molar-refractivity contribution in [3.8, 4) is 0 Å². The van der Waals surface area contributed by atoms with Crippen LogP contribution in [0.5, 0.6) is 0 Å². The summed E-state index contributed by atoms with van der Waals surface area (Å²) >= 11 is 0. The normalized spacial score (nSPS) is 17.0. The minimum Gasteiger partial charge on any atom is -0.353 e. The second kappa shape index (κ2) is 7.40. The summed E-state index contributed by atoms with van der Waals surface area (Å²) < 4.78 is 10.7. The smallest absolute Gasteiger partial charge is 0.229 e. The Morgan fingerprint density at radius 1 is 1.12 bits per heavy atom. The summed E-state index contributed by atoms with van der Waals surface area (Å²) in [5, 5.41) is 0. The topological polar surface area (TPSA) is 55.8 Å². The molecule has 1 aliphatic rings. The summed E-state index contributed by atoms with van der Waals surface area (Å²) in [5.41, 5.74) is 0. The van der Waals surface area contributed by atoms with Gasteiger partial charge in [-0.05, 0) is 20.3 Å². The standard InChI is InChI=1S/C12H21NO4/c1-3-16-12(17-4-2)8-9-13-10(14)6-5-7-11(13)15/h12H,3-9H2,1-2H3. The van der Waals surface area contributed by atoms with Gasteiger partial charge in [-0.25, -0.2) is 0 Å². The molecular weight excluding hydrogens is 222 g/mol. The molecule has 0 N–H and O–H groups in total. The average molecular weight is 243 g/mol. The fourth-order valence-corrected chi connectivity index (χ4v) is 1.87. The Hall–Kier alpha value is -0.940. The number of carbonyl (C=O) groups excluding carboxylic acids is 2. The van der Waals surface area contributed by atoms with E-state index in [1.54, 1.807) is 0 Å². The molecule has 2 amide bonds. The molecule has 0 radical (unpaired) electrons. The van der Waals surface area contributed by atoms with Gasteiger partial charge in [-0.2, -0.15) is 0 Å². The number of likely N-dealkylation sites (tertiary alicyclic amines) is 1. The third kappa shape index (κ3) is 4.44. The van der Waals surface area contributed by atoms with Gasteiger partial charge in [-0.3, -0.25) is 14.5 Å².